The van der Waals surface area contributed by atoms with Gasteiger partial charge in [0.25, 0.3) is 5.91 Å². The van der Waals surface area contributed by atoms with E-state index in [4.69, 9.17) is 11.6 Å². The average Bonchev–Trinajstić information content (AvgIpc) is 3.43. The molecule has 1 N–H and O–H groups in total. The maximum Gasteiger partial charge on any atom is 0.416 e. The number of carbonyl (C=O) groups excluding carboxylic acids is 1. The molecule has 0 saturated carbocycles. The van der Waals surface area contributed by atoms with Crippen LogP contribution in [0.5, 0.6) is 0 Å². The van der Waals surface area contributed by atoms with Crippen molar-refractivity contribution in [2.75, 3.05) is 39.4 Å². The average molecular weight is 566 g/mol. The van der Waals surface area contributed by atoms with Crippen molar-refractivity contribution in [3.8, 4) is 0 Å². The van der Waals surface area contributed by atoms with E-state index in [9.17, 15) is 22.4 Å². The minimum atomic E-state index is -4.61. The van der Waals surface area contributed by atoms with Gasteiger partial charge in [0.1, 0.15) is 6.67 Å². The van der Waals surface area contributed by atoms with Crippen LogP contribution in [-0.4, -0.2) is 70.5 Å². The summed E-state index contributed by atoms with van der Waals surface area (Å²) in [5.74, 6) is -0.486. The van der Waals surface area contributed by atoms with Crippen LogP contribution >= 0.6 is 23.4 Å². The molecule has 38 heavy (non-hydrogen) atoms. The molecule has 3 heterocycles. The second-order valence-corrected chi connectivity index (χ2v) is 10.5. The van der Waals surface area contributed by atoms with Crippen molar-refractivity contribution in [2.24, 2.45) is 4.99 Å². The third kappa shape index (κ3) is 5.74. The summed E-state index contributed by atoms with van der Waals surface area (Å²) in [7, 11) is 0. The third-order valence-corrected chi connectivity index (χ3v) is 8.04. The number of thioether (sulfide) groups is 1. The summed E-state index contributed by atoms with van der Waals surface area (Å²) in [6.07, 6.45) is -2.35. The number of halogens is 5. The SMILES string of the molecule is O=C1N=C(N2CCCN(CCF)CC2)SC1=C(Cc1ccc(Cl)cc1C(F)(F)F)c1ccc2[nH]ncc2c1. The van der Waals surface area contributed by atoms with Crippen LogP contribution < -0.4 is 0 Å². The molecule has 1 saturated heterocycles. The summed E-state index contributed by atoms with van der Waals surface area (Å²) in [6.45, 7) is 2.57. The van der Waals surface area contributed by atoms with Gasteiger partial charge in [0.15, 0.2) is 5.17 Å². The number of fused-ring (bicyclic) bond motifs is 1. The number of alkyl halides is 4. The van der Waals surface area contributed by atoms with Crippen LogP contribution in [0, 0.1) is 0 Å². The molecule has 1 amide bonds. The number of carbonyl (C=O) groups is 1. The van der Waals surface area contributed by atoms with Gasteiger partial charge in [0.2, 0.25) is 0 Å². The molecule has 0 bridgehead atoms. The molecule has 2 aliphatic rings. The number of aromatic amines is 1. The summed E-state index contributed by atoms with van der Waals surface area (Å²) in [6, 6.07) is 9.02. The Morgan fingerprint density at radius 2 is 1.95 bits per heavy atom. The van der Waals surface area contributed by atoms with E-state index >= 15 is 0 Å². The molecule has 2 aliphatic heterocycles. The molecular weight excluding hydrogens is 542 g/mol. The third-order valence-electron chi connectivity index (χ3n) is 6.65. The zero-order valence-corrected chi connectivity index (χ0v) is 21.8. The lowest BCUT2D eigenvalue weighted by atomic mass is 9.93. The normalized spacial score (nSPS) is 18.7. The monoisotopic (exact) mass is 565 g/mol. The molecule has 0 aliphatic carbocycles. The van der Waals surface area contributed by atoms with Gasteiger partial charge in [-0.3, -0.25) is 14.8 Å². The Balaban J connectivity index is 1.52. The zero-order valence-electron chi connectivity index (χ0n) is 20.2. The lowest BCUT2D eigenvalue weighted by Crippen LogP contribution is -2.34. The quantitative estimate of drug-likeness (QED) is 0.313. The maximum absolute atomic E-state index is 13.9. The number of aromatic nitrogens is 2. The molecule has 0 spiro atoms. The Bertz CT molecular complexity index is 1420. The largest absolute Gasteiger partial charge is 0.416 e. The van der Waals surface area contributed by atoms with Crippen molar-refractivity contribution in [3.63, 3.8) is 0 Å². The van der Waals surface area contributed by atoms with E-state index in [1.165, 1.54) is 23.9 Å². The van der Waals surface area contributed by atoms with Gasteiger partial charge < -0.3 is 4.90 Å². The van der Waals surface area contributed by atoms with Crippen LogP contribution in [0.2, 0.25) is 5.02 Å². The number of allylic oxidation sites excluding steroid dienone is 1. The summed E-state index contributed by atoms with van der Waals surface area (Å²) < 4.78 is 54.6. The highest BCUT2D eigenvalue weighted by atomic mass is 35.5. The van der Waals surface area contributed by atoms with E-state index in [1.54, 1.807) is 24.4 Å². The minimum absolute atomic E-state index is 0.00942. The molecular formula is C26H24ClF4N5OS. The number of rotatable bonds is 5. The number of amidine groups is 1. The first kappa shape index (κ1) is 26.7. The van der Waals surface area contributed by atoms with Crippen LogP contribution in [0.3, 0.4) is 0 Å². The number of H-pyrrole nitrogens is 1. The van der Waals surface area contributed by atoms with E-state index in [1.807, 2.05) is 9.80 Å². The maximum atomic E-state index is 13.9. The number of amides is 1. The molecule has 0 unspecified atom stereocenters. The lowest BCUT2D eigenvalue weighted by Gasteiger charge is -2.22. The molecule has 3 aromatic rings. The van der Waals surface area contributed by atoms with Crippen LogP contribution in [0.1, 0.15) is 23.1 Å². The Labute approximate surface area is 225 Å². The van der Waals surface area contributed by atoms with Crippen molar-refractivity contribution < 1.29 is 22.4 Å². The van der Waals surface area contributed by atoms with Crippen molar-refractivity contribution in [1.82, 2.24) is 20.0 Å². The van der Waals surface area contributed by atoms with Crippen molar-refractivity contribution in [2.45, 2.75) is 19.0 Å². The first-order chi connectivity index (χ1) is 18.2. The standard InChI is InChI=1S/C26H24ClF4N5OS/c27-19-4-2-17(21(14-19)26(29,30)31)13-20(16-3-5-22-18(12-16)15-32-34-22)23-24(37)33-25(38-23)36-8-1-7-35(9-6-28)10-11-36/h2-5,12,14-15H,1,6-11,13H2,(H,32,34). The van der Waals surface area contributed by atoms with Gasteiger partial charge in [-0.25, -0.2) is 4.39 Å². The summed E-state index contributed by atoms with van der Waals surface area (Å²) >= 11 is 7.08. The molecule has 1 aromatic heterocycles. The number of hydrogen-bond acceptors (Lipinski definition) is 5. The molecule has 5 rings (SSSR count). The van der Waals surface area contributed by atoms with E-state index in [-0.39, 0.29) is 21.9 Å². The molecule has 200 valence electrons. The zero-order chi connectivity index (χ0) is 26.9. The highest BCUT2D eigenvalue weighted by molar-refractivity contribution is 8.18. The molecule has 1 fully saturated rings. The van der Waals surface area contributed by atoms with Gasteiger partial charge in [0, 0.05) is 36.6 Å². The van der Waals surface area contributed by atoms with Gasteiger partial charge in [0.05, 0.1) is 22.2 Å². The predicted octanol–water partition coefficient (Wildman–Crippen LogP) is 5.80. The highest BCUT2D eigenvalue weighted by Crippen LogP contribution is 2.40. The van der Waals surface area contributed by atoms with Crippen molar-refractivity contribution in [1.29, 1.82) is 0 Å². The first-order valence-electron chi connectivity index (χ1n) is 12.1. The van der Waals surface area contributed by atoms with E-state index in [2.05, 4.69) is 15.2 Å². The fraction of sp³-hybridized carbons (Fsp3) is 0.346. The molecule has 12 heteroatoms. The molecule has 6 nitrogen and oxygen atoms in total. The van der Waals surface area contributed by atoms with Crippen LogP contribution in [0.25, 0.3) is 16.5 Å². The fourth-order valence-electron chi connectivity index (χ4n) is 4.73. The van der Waals surface area contributed by atoms with E-state index in [0.29, 0.717) is 42.5 Å². The number of aliphatic imine (C=N–C) groups is 1. The Hall–Kier alpha value is -2.89. The van der Waals surface area contributed by atoms with E-state index in [0.717, 1.165) is 29.9 Å². The number of nitrogens with one attached hydrogen (secondary N) is 1. The predicted molar refractivity (Wildman–Crippen MR) is 142 cm³/mol. The van der Waals surface area contributed by atoms with Crippen LogP contribution in [-0.2, 0) is 17.4 Å². The Morgan fingerprint density at radius 3 is 2.74 bits per heavy atom. The van der Waals surface area contributed by atoms with Crippen LogP contribution in [0.15, 0.2) is 52.5 Å². The Kier molecular flexibility index (Phi) is 7.78. The molecule has 2 aromatic carbocycles. The van der Waals surface area contributed by atoms with Gasteiger partial charge in [-0.05, 0) is 72.1 Å². The second kappa shape index (κ2) is 11.1. The van der Waals surface area contributed by atoms with Gasteiger partial charge in [-0.15, -0.1) is 0 Å². The molecule has 0 radical (unpaired) electrons. The summed E-state index contributed by atoms with van der Waals surface area (Å²) in [5.41, 5.74) is 0.993. The number of benzene rings is 2. The van der Waals surface area contributed by atoms with Gasteiger partial charge >= 0.3 is 6.18 Å². The topological polar surface area (TPSA) is 64.6 Å². The lowest BCUT2D eigenvalue weighted by molar-refractivity contribution is -0.138. The summed E-state index contributed by atoms with van der Waals surface area (Å²) in [4.78, 5) is 21.8. The van der Waals surface area contributed by atoms with Crippen LogP contribution in [0.4, 0.5) is 17.6 Å². The Morgan fingerprint density at radius 1 is 1.11 bits per heavy atom. The number of nitrogens with zero attached hydrogens (tertiary/aromatic N) is 4. The van der Waals surface area contributed by atoms with Crippen molar-refractivity contribution in [3.05, 3.63) is 69.2 Å². The van der Waals surface area contributed by atoms with E-state index < -0.39 is 24.3 Å². The van der Waals surface area contributed by atoms with Gasteiger partial charge in [-0.1, -0.05) is 23.7 Å². The summed E-state index contributed by atoms with van der Waals surface area (Å²) in [5, 5.41) is 8.15. The fourth-order valence-corrected chi connectivity index (χ4v) is 5.97. The first-order valence-corrected chi connectivity index (χ1v) is 13.3. The van der Waals surface area contributed by atoms with Crippen molar-refractivity contribution >= 4 is 50.9 Å². The number of hydrogen-bond donors (Lipinski definition) is 1. The highest BCUT2D eigenvalue weighted by Gasteiger charge is 2.35. The second-order valence-electron chi connectivity index (χ2n) is 9.13. The molecule has 0 atom stereocenters. The smallest absolute Gasteiger partial charge is 0.349 e. The van der Waals surface area contributed by atoms with Gasteiger partial charge in [-0.2, -0.15) is 23.3 Å². The minimum Gasteiger partial charge on any atom is -0.349 e.